The van der Waals surface area contributed by atoms with Crippen molar-refractivity contribution in [1.29, 1.82) is 0 Å². The molecule has 1 aromatic rings. The molecule has 0 atom stereocenters. The van der Waals surface area contributed by atoms with E-state index in [-0.39, 0.29) is 12.0 Å². The van der Waals surface area contributed by atoms with Gasteiger partial charge in [0.1, 0.15) is 0 Å². The van der Waals surface area contributed by atoms with E-state index in [1.54, 1.807) is 0 Å². The lowest BCUT2D eigenvalue weighted by Crippen LogP contribution is -2.31. The Morgan fingerprint density at radius 3 is 2.24 bits per heavy atom. The molecule has 21 heavy (non-hydrogen) atoms. The first-order valence-corrected chi connectivity index (χ1v) is 7.60. The summed E-state index contributed by atoms with van der Waals surface area (Å²) in [6, 6.07) is 0. The fraction of sp³-hybridized carbons (Fsp3) is 0.786. The monoisotopic (exact) mass is 294 g/mol. The molecule has 0 bridgehead atoms. The zero-order valence-electron chi connectivity index (χ0n) is 13.2. The molecule has 0 radical (unpaired) electrons. The minimum absolute atomic E-state index is 0.0245. The Kier molecular flexibility index (Phi) is 5.17. The summed E-state index contributed by atoms with van der Waals surface area (Å²) in [7, 11) is 3.81. The maximum absolute atomic E-state index is 9.66. The summed E-state index contributed by atoms with van der Waals surface area (Å²) < 4.78 is 0. The summed E-state index contributed by atoms with van der Waals surface area (Å²) in [6.07, 6.45) is 4.49. The number of rotatable bonds is 7. The number of nitrogens with zero attached hydrogens (tertiary/aromatic N) is 4. The van der Waals surface area contributed by atoms with Crippen LogP contribution in [0.25, 0.3) is 0 Å². The number of hydrogen-bond acceptors (Lipinski definition) is 7. The van der Waals surface area contributed by atoms with Crippen molar-refractivity contribution in [1.82, 2.24) is 15.0 Å². The first kappa shape index (κ1) is 15.8. The van der Waals surface area contributed by atoms with Gasteiger partial charge in [0, 0.05) is 32.6 Å². The van der Waals surface area contributed by atoms with Gasteiger partial charge in [-0.3, -0.25) is 0 Å². The molecule has 0 unspecified atom stereocenters. The molecular weight excluding hydrogens is 268 g/mol. The van der Waals surface area contributed by atoms with Gasteiger partial charge in [0.05, 0.1) is 6.61 Å². The number of aliphatic hydroxyl groups is 1. The van der Waals surface area contributed by atoms with Crippen LogP contribution in [-0.4, -0.2) is 53.9 Å². The third kappa shape index (κ3) is 3.93. The molecule has 0 spiro atoms. The summed E-state index contributed by atoms with van der Waals surface area (Å²) in [5.74, 6) is 1.75. The second kappa shape index (κ2) is 6.89. The Labute approximate surface area is 126 Å². The van der Waals surface area contributed by atoms with Gasteiger partial charge in [0.25, 0.3) is 0 Å². The van der Waals surface area contributed by atoms with Crippen molar-refractivity contribution < 1.29 is 5.11 Å². The number of anilines is 3. The van der Waals surface area contributed by atoms with Crippen molar-refractivity contribution in [3.05, 3.63) is 0 Å². The van der Waals surface area contributed by atoms with Crippen LogP contribution in [0.15, 0.2) is 0 Å². The predicted molar refractivity (Wildman–Crippen MR) is 84.8 cm³/mol. The Morgan fingerprint density at radius 1 is 1.10 bits per heavy atom. The van der Waals surface area contributed by atoms with Crippen LogP contribution in [0.4, 0.5) is 17.8 Å². The Balaban J connectivity index is 2.11. The average Bonchev–Trinajstić information content (AvgIpc) is 2.95. The van der Waals surface area contributed by atoms with Crippen molar-refractivity contribution in [2.45, 2.75) is 32.6 Å². The van der Waals surface area contributed by atoms with E-state index in [2.05, 4.69) is 25.6 Å². The molecule has 7 heteroatoms. The van der Waals surface area contributed by atoms with Gasteiger partial charge >= 0.3 is 0 Å². The molecule has 1 aliphatic rings. The van der Waals surface area contributed by atoms with Crippen molar-refractivity contribution in [2.75, 3.05) is 49.3 Å². The van der Waals surface area contributed by atoms with Gasteiger partial charge in [-0.25, -0.2) is 0 Å². The minimum atomic E-state index is -0.0245. The van der Waals surface area contributed by atoms with Crippen LogP contribution in [0.5, 0.6) is 0 Å². The van der Waals surface area contributed by atoms with Crippen LogP contribution in [0.1, 0.15) is 32.6 Å². The van der Waals surface area contributed by atoms with E-state index in [0.29, 0.717) is 24.4 Å². The first-order valence-electron chi connectivity index (χ1n) is 7.60. The van der Waals surface area contributed by atoms with E-state index in [1.807, 2.05) is 25.9 Å². The molecule has 1 saturated carbocycles. The lowest BCUT2D eigenvalue weighted by Gasteiger charge is -2.26. The van der Waals surface area contributed by atoms with Crippen LogP contribution in [0, 0.1) is 5.41 Å². The summed E-state index contributed by atoms with van der Waals surface area (Å²) in [4.78, 5) is 15.0. The van der Waals surface area contributed by atoms with Crippen molar-refractivity contribution in [3.63, 3.8) is 0 Å². The van der Waals surface area contributed by atoms with Crippen LogP contribution < -0.4 is 15.5 Å². The van der Waals surface area contributed by atoms with E-state index in [4.69, 9.17) is 0 Å². The molecule has 1 aliphatic carbocycles. The van der Waals surface area contributed by atoms with E-state index >= 15 is 0 Å². The highest BCUT2D eigenvalue weighted by molar-refractivity contribution is 5.43. The summed E-state index contributed by atoms with van der Waals surface area (Å²) >= 11 is 0. The van der Waals surface area contributed by atoms with Gasteiger partial charge in [-0.05, 0) is 19.8 Å². The van der Waals surface area contributed by atoms with Gasteiger partial charge in [-0.2, -0.15) is 15.0 Å². The Hall–Kier alpha value is -1.63. The van der Waals surface area contributed by atoms with E-state index in [0.717, 1.165) is 19.4 Å². The fourth-order valence-electron chi connectivity index (χ4n) is 2.66. The van der Waals surface area contributed by atoms with E-state index in [9.17, 15) is 5.11 Å². The molecular formula is C14H26N6O. The second-order valence-corrected chi connectivity index (χ2v) is 5.93. The van der Waals surface area contributed by atoms with Gasteiger partial charge < -0.3 is 20.6 Å². The van der Waals surface area contributed by atoms with Crippen LogP contribution >= 0.6 is 0 Å². The van der Waals surface area contributed by atoms with E-state index in [1.165, 1.54) is 12.8 Å². The summed E-state index contributed by atoms with van der Waals surface area (Å²) in [5, 5.41) is 16.1. The summed E-state index contributed by atoms with van der Waals surface area (Å²) in [5.41, 5.74) is -0.0245. The average molecular weight is 294 g/mol. The molecule has 0 saturated heterocycles. The molecule has 0 aromatic carbocycles. The molecule has 1 heterocycles. The smallest absolute Gasteiger partial charge is 0.231 e. The van der Waals surface area contributed by atoms with Crippen LogP contribution in [0.3, 0.4) is 0 Å². The Morgan fingerprint density at radius 2 is 1.71 bits per heavy atom. The zero-order valence-corrected chi connectivity index (χ0v) is 13.2. The topological polar surface area (TPSA) is 86.2 Å². The second-order valence-electron chi connectivity index (χ2n) is 5.93. The number of aliphatic hydroxyl groups excluding tert-OH is 1. The molecule has 0 aliphatic heterocycles. The fourth-order valence-corrected chi connectivity index (χ4v) is 2.66. The highest BCUT2D eigenvalue weighted by atomic mass is 16.3. The lowest BCUT2D eigenvalue weighted by molar-refractivity contribution is 0.142. The minimum Gasteiger partial charge on any atom is -0.396 e. The number of aromatic nitrogens is 3. The molecule has 0 amide bonds. The standard InChI is InChI=1S/C14H26N6O/c1-4-15-11-17-12(19-13(18-11)20(2)3)16-9-14(10-21)7-5-6-8-14/h21H,4-10H2,1-3H3,(H2,15,16,17,18,19). The number of hydrogen-bond donors (Lipinski definition) is 3. The van der Waals surface area contributed by atoms with E-state index < -0.39 is 0 Å². The maximum Gasteiger partial charge on any atom is 0.231 e. The van der Waals surface area contributed by atoms with Gasteiger partial charge in [0.2, 0.25) is 17.8 Å². The molecule has 3 N–H and O–H groups in total. The number of nitrogens with one attached hydrogen (secondary N) is 2. The third-order valence-electron chi connectivity index (χ3n) is 3.98. The molecule has 1 aromatic heterocycles. The van der Waals surface area contributed by atoms with Gasteiger partial charge in [-0.15, -0.1) is 0 Å². The quantitative estimate of drug-likeness (QED) is 0.699. The molecule has 118 valence electrons. The molecule has 1 fully saturated rings. The van der Waals surface area contributed by atoms with Gasteiger partial charge in [-0.1, -0.05) is 12.8 Å². The first-order chi connectivity index (χ1) is 10.1. The lowest BCUT2D eigenvalue weighted by atomic mass is 9.87. The highest BCUT2D eigenvalue weighted by Gasteiger charge is 2.33. The third-order valence-corrected chi connectivity index (χ3v) is 3.98. The Bertz CT molecular complexity index is 459. The van der Waals surface area contributed by atoms with Crippen LogP contribution in [0.2, 0.25) is 0 Å². The SMILES string of the molecule is CCNc1nc(NCC2(CO)CCCC2)nc(N(C)C)n1. The molecule has 2 rings (SSSR count). The van der Waals surface area contributed by atoms with Crippen molar-refractivity contribution in [2.24, 2.45) is 5.41 Å². The van der Waals surface area contributed by atoms with Crippen molar-refractivity contribution >= 4 is 17.8 Å². The largest absolute Gasteiger partial charge is 0.396 e. The summed E-state index contributed by atoms with van der Waals surface area (Å²) in [6.45, 7) is 3.68. The van der Waals surface area contributed by atoms with Crippen LogP contribution in [-0.2, 0) is 0 Å². The normalized spacial score (nSPS) is 16.8. The maximum atomic E-state index is 9.66. The zero-order chi connectivity index (χ0) is 15.3. The van der Waals surface area contributed by atoms with Gasteiger partial charge in [0.15, 0.2) is 0 Å². The molecule has 7 nitrogen and oxygen atoms in total. The van der Waals surface area contributed by atoms with Crippen molar-refractivity contribution in [3.8, 4) is 0 Å². The highest BCUT2D eigenvalue weighted by Crippen LogP contribution is 2.37. The predicted octanol–water partition coefficient (Wildman–Crippen LogP) is 1.33.